The summed E-state index contributed by atoms with van der Waals surface area (Å²) in [6, 6.07) is 0. The SMILES string of the molecule is CC(C)(CN)C(=O)OC1CCOCC1. The highest BCUT2D eigenvalue weighted by molar-refractivity contribution is 5.76. The maximum atomic E-state index is 11.6. The average Bonchev–Trinajstić information content (AvgIpc) is 2.19. The van der Waals surface area contributed by atoms with E-state index < -0.39 is 5.41 Å². The summed E-state index contributed by atoms with van der Waals surface area (Å²) in [7, 11) is 0. The largest absolute Gasteiger partial charge is 0.462 e. The molecule has 14 heavy (non-hydrogen) atoms. The monoisotopic (exact) mass is 201 g/mol. The molecule has 0 spiro atoms. The van der Waals surface area contributed by atoms with Crippen LogP contribution >= 0.6 is 0 Å². The van der Waals surface area contributed by atoms with E-state index in [4.69, 9.17) is 15.2 Å². The summed E-state index contributed by atoms with van der Waals surface area (Å²) in [6.45, 7) is 5.28. The Hall–Kier alpha value is -0.610. The number of hydrogen-bond donors (Lipinski definition) is 1. The number of rotatable bonds is 3. The lowest BCUT2D eigenvalue weighted by Crippen LogP contribution is -2.38. The summed E-state index contributed by atoms with van der Waals surface area (Å²) in [5.41, 5.74) is 4.92. The van der Waals surface area contributed by atoms with Crippen LogP contribution in [0.1, 0.15) is 26.7 Å². The molecule has 0 radical (unpaired) electrons. The third-order valence-corrected chi connectivity index (χ3v) is 2.50. The highest BCUT2D eigenvalue weighted by Crippen LogP contribution is 2.19. The van der Waals surface area contributed by atoms with Crippen molar-refractivity contribution >= 4 is 5.97 Å². The van der Waals surface area contributed by atoms with E-state index >= 15 is 0 Å². The lowest BCUT2D eigenvalue weighted by Gasteiger charge is -2.27. The molecule has 4 heteroatoms. The Labute approximate surface area is 84.7 Å². The lowest BCUT2D eigenvalue weighted by molar-refractivity contribution is -0.163. The number of nitrogens with two attached hydrogens (primary N) is 1. The maximum absolute atomic E-state index is 11.6. The van der Waals surface area contributed by atoms with Crippen LogP contribution in [-0.2, 0) is 14.3 Å². The molecule has 4 nitrogen and oxygen atoms in total. The number of carbonyl (C=O) groups is 1. The van der Waals surface area contributed by atoms with Gasteiger partial charge in [0.2, 0.25) is 0 Å². The first-order valence-electron chi connectivity index (χ1n) is 5.05. The zero-order chi connectivity index (χ0) is 10.6. The van der Waals surface area contributed by atoms with Gasteiger partial charge in [-0.2, -0.15) is 0 Å². The molecule has 0 aromatic heterocycles. The third-order valence-electron chi connectivity index (χ3n) is 2.50. The van der Waals surface area contributed by atoms with E-state index in [-0.39, 0.29) is 12.1 Å². The summed E-state index contributed by atoms with van der Waals surface area (Å²) < 4.78 is 10.5. The topological polar surface area (TPSA) is 61.6 Å². The van der Waals surface area contributed by atoms with Crippen molar-refractivity contribution in [2.24, 2.45) is 11.1 Å². The minimum Gasteiger partial charge on any atom is -0.462 e. The van der Waals surface area contributed by atoms with Gasteiger partial charge in [-0.25, -0.2) is 0 Å². The summed E-state index contributed by atoms with van der Waals surface area (Å²) in [5, 5.41) is 0. The molecule has 0 aromatic rings. The molecule has 0 amide bonds. The van der Waals surface area contributed by atoms with Crippen LogP contribution in [0.15, 0.2) is 0 Å². The molecule has 0 atom stereocenters. The van der Waals surface area contributed by atoms with Gasteiger partial charge in [-0.1, -0.05) is 0 Å². The Morgan fingerprint density at radius 2 is 2.07 bits per heavy atom. The van der Waals surface area contributed by atoms with E-state index in [2.05, 4.69) is 0 Å². The number of hydrogen-bond acceptors (Lipinski definition) is 4. The second-order valence-corrected chi connectivity index (χ2v) is 4.31. The highest BCUT2D eigenvalue weighted by Gasteiger charge is 2.30. The molecule has 1 fully saturated rings. The Morgan fingerprint density at radius 1 is 1.50 bits per heavy atom. The molecule has 1 heterocycles. The molecule has 1 rings (SSSR count). The van der Waals surface area contributed by atoms with Crippen molar-refractivity contribution in [3.8, 4) is 0 Å². The Balaban J connectivity index is 2.39. The molecule has 0 bridgehead atoms. The summed E-state index contributed by atoms with van der Waals surface area (Å²) >= 11 is 0. The van der Waals surface area contributed by atoms with Gasteiger partial charge in [-0.3, -0.25) is 4.79 Å². The van der Waals surface area contributed by atoms with Crippen molar-refractivity contribution in [3.63, 3.8) is 0 Å². The number of carbonyl (C=O) groups excluding carboxylic acids is 1. The van der Waals surface area contributed by atoms with E-state index in [0.29, 0.717) is 19.8 Å². The van der Waals surface area contributed by atoms with Gasteiger partial charge in [-0.05, 0) is 13.8 Å². The van der Waals surface area contributed by atoms with Crippen molar-refractivity contribution in [1.29, 1.82) is 0 Å². The second kappa shape index (κ2) is 4.75. The molecule has 1 aliphatic heterocycles. The van der Waals surface area contributed by atoms with E-state index in [1.54, 1.807) is 13.8 Å². The predicted octanol–water partition coefficient (Wildman–Crippen LogP) is 0.693. The maximum Gasteiger partial charge on any atom is 0.313 e. The van der Waals surface area contributed by atoms with Crippen molar-refractivity contribution in [2.45, 2.75) is 32.8 Å². The van der Waals surface area contributed by atoms with E-state index in [0.717, 1.165) is 12.8 Å². The molecule has 0 aromatic carbocycles. The van der Waals surface area contributed by atoms with Crippen molar-refractivity contribution in [3.05, 3.63) is 0 Å². The summed E-state index contributed by atoms with van der Waals surface area (Å²) in [5.74, 6) is -0.202. The van der Waals surface area contributed by atoms with Gasteiger partial charge in [0.15, 0.2) is 0 Å². The lowest BCUT2D eigenvalue weighted by atomic mass is 9.94. The van der Waals surface area contributed by atoms with Crippen LogP contribution in [0.5, 0.6) is 0 Å². The number of ether oxygens (including phenoxy) is 2. The highest BCUT2D eigenvalue weighted by atomic mass is 16.6. The molecule has 1 aliphatic rings. The minimum atomic E-state index is -0.571. The first-order chi connectivity index (χ1) is 6.56. The molecule has 0 unspecified atom stereocenters. The average molecular weight is 201 g/mol. The van der Waals surface area contributed by atoms with Crippen LogP contribution in [0.25, 0.3) is 0 Å². The molecule has 0 aliphatic carbocycles. The zero-order valence-electron chi connectivity index (χ0n) is 8.91. The van der Waals surface area contributed by atoms with Crippen LogP contribution in [-0.4, -0.2) is 31.8 Å². The van der Waals surface area contributed by atoms with Gasteiger partial charge < -0.3 is 15.2 Å². The van der Waals surface area contributed by atoms with Crippen LogP contribution in [0, 0.1) is 5.41 Å². The van der Waals surface area contributed by atoms with Crippen LogP contribution in [0.4, 0.5) is 0 Å². The molecule has 1 saturated heterocycles. The third kappa shape index (κ3) is 2.96. The van der Waals surface area contributed by atoms with Gasteiger partial charge in [0.05, 0.1) is 18.6 Å². The second-order valence-electron chi connectivity index (χ2n) is 4.31. The molecule has 82 valence electrons. The van der Waals surface area contributed by atoms with Crippen LogP contribution < -0.4 is 5.73 Å². The first-order valence-corrected chi connectivity index (χ1v) is 5.05. The fourth-order valence-corrected chi connectivity index (χ4v) is 1.19. The van der Waals surface area contributed by atoms with Crippen LogP contribution in [0.2, 0.25) is 0 Å². The molecular weight excluding hydrogens is 182 g/mol. The fraction of sp³-hybridized carbons (Fsp3) is 0.900. The Bertz CT molecular complexity index is 198. The van der Waals surface area contributed by atoms with Crippen LogP contribution in [0.3, 0.4) is 0 Å². The van der Waals surface area contributed by atoms with Gasteiger partial charge in [-0.15, -0.1) is 0 Å². The fourth-order valence-electron chi connectivity index (χ4n) is 1.19. The summed E-state index contributed by atoms with van der Waals surface area (Å²) in [6.07, 6.45) is 1.61. The predicted molar refractivity (Wildman–Crippen MR) is 52.8 cm³/mol. The zero-order valence-corrected chi connectivity index (χ0v) is 8.91. The Kier molecular flexibility index (Phi) is 3.89. The standard InChI is InChI=1S/C10H19NO3/c1-10(2,7-11)9(12)14-8-3-5-13-6-4-8/h8H,3-7,11H2,1-2H3. The van der Waals surface area contributed by atoms with E-state index in [1.165, 1.54) is 0 Å². The smallest absolute Gasteiger partial charge is 0.313 e. The van der Waals surface area contributed by atoms with Gasteiger partial charge in [0, 0.05) is 19.4 Å². The summed E-state index contributed by atoms with van der Waals surface area (Å²) in [4.78, 5) is 11.6. The van der Waals surface area contributed by atoms with Crippen molar-refractivity contribution < 1.29 is 14.3 Å². The normalized spacial score (nSPS) is 19.4. The van der Waals surface area contributed by atoms with Gasteiger partial charge in [0.25, 0.3) is 0 Å². The number of esters is 1. The van der Waals surface area contributed by atoms with Crippen molar-refractivity contribution in [1.82, 2.24) is 0 Å². The van der Waals surface area contributed by atoms with Crippen molar-refractivity contribution in [2.75, 3.05) is 19.8 Å². The quantitative estimate of drug-likeness (QED) is 0.682. The molecular formula is C10H19NO3. The van der Waals surface area contributed by atoms with Gasteiger partial charge >= 0.3 is 5.97 Å². The molecule has 2 N–H and O–H groups in total. The first kappa shape index (κ1) is 11.5. The van der Waals surface area contributed by atoms with E-state index in [9.17, 15) is 4.79 Å². The van der Waals surface area contributed by atoms with Gasteiger partial charge in [0.1, 0.15) is 6.10 Å². The molecule has 0 saturated carbocycles. The minimum absolute atomic E-state index is 0.0158. The Morgan fingerprint density at radius 3 is 2.57 bits per heavy atom. The van der Waals surface area contributed by atoms with E-state index in [1.807, 2.05) is 0 Å².